The molecule has 0 aliphatic carbocycles. The molecule has 1 saturated heterocycles. The molecule has 1 heterocycles. The van der Waals surface area contributed by atoms with E-state index in [0.29, 0.717) is 37.2 Å². The maximum Gasteiger partial charge on any atom is 0.213 e. The summed E-state index contributed by atoms with van der Waals surface area (Å²) < 4.78 is 32.7. The van der Waals surface area contributed by atoms with Gasteiger partial charge in [-0.2, -0.15) is 0 Å². The van der Waals surface area contributed by atoms with Crippen LogP contribution in [0, 0.1) is 0 Å². The lowest BCUT2D eigenvalue weighted by Gasteiger charge is -2.23. The quantitative estimate of drug-likeness (QED) is 0.463. The van der Waals surface area contributed by atoms with E-state index in [9.17, 15) is 8.42 Å². The summed E-state index contributed by atoms with van der Waals surface area (Å²) in [6.07, 6.45) is 3.02. The first-order valence-corrected chi connectivity index (χ1v) is 11.8. The van der Waals surface area contributed by atoms with Gasteiger partial charge in [0.15, 0.2) is 5.96 Å². The van der Waals surface area contributed by atoms with Crippen molar-refractivity contribution in [3.63, 3.8) is 0 Å². The normalized spacial score (nSPS) is 18.1. The highest BCUT2D eigenvalue weighted by molar-refractivity contribution is 7.89. The molecule has 2 N–H and O–H groups in total. The molecule has 1 aromatic carbocycles. The molecule has 0 bridgehead atoms. The van der Waals surface area contributed by atoms with Crippen LogP contribution in [0.2, 0.25) is 5.02 Å². The average molecular weight is 431 g/mol. The lowest BCUT2D eigenvalue weighted by atomic mass is 10.1. The Balaban J connectivity index is 1.85. The first kappa shape index (κ1) is 22.9. The largest absolute Gasteiger partial charge is 0.377 e. The Kier molecular flexibility index (Phi) is 9.50. The van der Waals surface area contributed by atoms with Crippen LogP contribution in [0.1, 0.15) is 31.7 Å². The number of halogens is 1. The fraction of sp³-hybridized carbons (Fsp3) is 0.632. The molecule has 0 amide bonds. The summed E-state index contributed by atoms with van der Waals surface area (Å²) in [6.45, 7) is 4.56. The Labute approximate surface area is 173 Å². The Morgan fingerprint density at radius 2 is 2.07 bits per heavy atom. The van der Waals surface area contributed by atoms with Crippen molar-refractivity contribution in [3.05, 3.63) is 34.9 Å². The number of rotatable bonds is 9. The summed E-state index contributed by atoms with van der Waals surface area (Å²) in [4.78, 5) is 6.42. The lowest BCUT2D eigenvalue weighted by molar-refractivity contribution is 0.0200. The first-order chi connectivity index (χ1) is 13.4. The number of sulfonamides is 1. The smallest absolute Gasteiger partial charge is 0.213 e. The van der Waals surface area contributed by atoms with E-state index in [-0.39, 0.29) is 18.4 Å². The minimum atomic E-state index is -3.38. The highest BCUT2D eigenvalue weighted by Crippen LogP contribution is 2.12. The summed E-state index contributed by atoms with van der Waals surface area (Å²) in [5.74, 6) is 0.618. The molecule has 1 fully saturated rings. The number of benzene rings is 1. The Morgan fingerprint density at radius 3 is 2.71 bits per heavy atom. The number of nitrogens with one attached hydrogen (secondary N) is 2. The number of hydrogen-bond acceptors (Lipinski definition) is 4. The van der Waals surface area contributed by atoms with Crippen molar-refractivity contribution < 1.29 is 13.2 Å². The van der Waals surface area contributed by atoms with Crippen molar-refractivity contribution in [1.29, 1.82) is 0 Å². The van der Waals surface area contributed by atoms with Gasteiger partial charge in [-0.05, 0) is 43.9 Å². The lowest BCUT2D eigenvalue weighted by Crippen LogP contribution is -2.39. The zero-order valence-electron chi connectivity index (χ0n) is 16.7. The van der Waals surface area contributed by atoms with Gasteiger partial charge in [0.25, 0.3) is 0 Å². The van der Waals surface area contributed by atoms with Gasteiger partial charge in [-0.1, -0.05) is 23.7 Å². The van der Waals surface area contributed by atoms with Gasteiger partial charge in [-0.3, -0.25) is 4.99 Å². The van der Waals surface area contributed by atoms with E-state index in [4.69, 9.17) is 16.3 Å². The summed E-state index contributed by atoms with van der Waals surface area (Å²) in [6, 6.07) is 7.63. The van der Waals surface area contributed by atoms with E-state index in [2.05, 4.69) is 15.0 Å². The van der Waals surface area contributed by atoms with Crippen LogP contribution in [0.4, 0.5) is 0 Å². The second-order valence-electron chi connectivity index (χ2n) is 6.87. The molecule has 1 aliphatic rings. The van der Waals surface area contributed by atoms with E-state index < -0.39 is 10.0 Å². The van der Waals surface area contributed by atoms with E-state index in [1.807, 2.05) is 43.1 Å². The Bertz CT molecular complexity index is 719. The van der Waals surface area contributed by atoms with Crippen LogP contribution >= 0.6 is 11.6 Å². The summed E-state index contributed by atoms with van der Waals surface area (Å²) in [7, 11) is -1.46. The zero-order chi connectivity index (χ0) is 20.4. The molecule has 0 radical (unpaired) electrons. The summed E-state index contributed by atoms with van der Waals surface area (Å²) in [5.41, 5.74) is 1.10. The van der Waals surface area contributed by atoms with Gasteiger partial charge in [-0.15, -0.1) is 0 Å². The van der Waals surface area contributed by atoms with Gasteiger partial charge < -0.3 is 15.0 Å². The van der Waals surface area contributed by atoms with Crippen molar-refractivity contribution in [3.8, 4) is 0 Å². The second-order valence-corrected chi connectivity index (χ2v) is 9.24. The molecule has 1 aromatic rings. The molecular formula is C19H31ClN4O3S. The molecule has 9 heteroatoms. The third-order valence-electron chi connectivity index (χ3n) is 4.46. The van der Waals surface area contributed by atoms with Crippen LogP contribution in [-0.4, -0.2) is 64.4 Å². The molecule has 0 spiro atoms. The molecule has 1 atom stereocenters. The van der Waals surface area contributed by atoms with Gasteiger partial charge in [0.2, 0.25) is 10.0 Å². The third-order valence-corrected chi connectivity index (χ3v) is 6.03. The molecule has 7 nitrogen and oxygen atoms in total. The van der Waals surface area contributed by atoms with Gasteiger partial charge in [0.1, 0.15) is 0 Å². The number of aliphatic imine (C=N–C) groups is 1. The monoisotopic (exact) mass is 430 g/mol. The molecule has 0 aromatic heterocycles. The van der Waals surface area contributed by atoms with Crippen molar-refractivity contribution in [2.75, 3.05) is 39.0 Å². The van der Waals surface area contributed by atoms with Crippen molar-refractivity contribution in [2.24, 2.45) is 4.99 Å². The standard InChI is InChI=1S/C19H31ClN4O3S/c1-3-21-19(24(2)15-16-7-9-17(20)10-8-16)22-11-13-28(25,26)23-14-18-6-4-5-12-27-18/h7-10,18,23H,3-6,11-15H2,1-2H3,(H,21,22). The maximum absolute atomic E-state index is 12.2. The first-order valence-electron chi connectivity index (χ1n) is 9.72. The van der Waals surface area contributed by atoms with E-state index in [1.54, 1.807) is 0 Å². The maximum atomic E-state index is 12.2. The van der Waals surface area contributed by atoms with Gasteiger partial charge in [0, 0.05) is 38.3 Å². The van der Waals surface area contributed by atoms with Crippen LogP contribution in [0.5, 0.6) is 0 Å². The number of ether oxygens (including phenoxy) is 1. The van der Waals surface area contributed by atoms with Crippen molar-refractivity contribution in [1.82, 2.24) is 14.9 Å². The molecule has 0 saturated carbocycles. The van der Waals surface area contributed by atoms with Crippen LogP contribution < -0.4 is 10.0 Å². The van der Waals surface area contributed by atoms with Gasteiger partial charge in [0.05, 0.1) is 18.4 Å². The number of nitrogens with zero attached hydrogens (tertiary/aromatic N) is 2. The Morgan fingerprint density at radius 1 is 1.32 bits per heavy atom. The predicted octanol–water partition coefficient (Wildman–Crippen LogP) is 2.23. The predicted molar refractivity (Wildman–Crippen MR) is 114 cm³/mol. The van der Waals surface area contributed by atoms with Crippen LogP contribution in [0.15, 0.2) is 29.3 Å². The molecule has 1 unspecified atom stereocenters. The number of guanidine groups is 1. The third kappa shape index (κ3) is 8.34. The molecule has 2 rings (SSSR count). The van der Waals surface area contributed by atoms with Crippen molar-refractivity contribution in [2.45, 2.75) is 38.8 Å². The van der Waals surface area contributed by atoms with E-state index in [0.717, 1.165) is 24.8 Å². The minimum Gasteiger partial charge on any atom is -0.377 e. The summed E-state index contributed by atoms with van der Waals surface area (Å²) in [5, 5.41) is 3.90. The molecule has 1 aliphatic heterocycles. The van der Waals surface area contributed by atoms with Gasteiger partial charge in [-0.25, -0.2) is 13.1 Å². The van der Waals surface area contributed by atoms with Gasteiger partial charge >= 0.3 is 0 Å². The fourth-order valence-electron chi connectivity index (χ4n) is 2.94. The fourth-order valence-corrected chi connectivity index (χ4v) is 3.98. The van der Waals surface area contributed by atoms with Crippen molar-refractivity contribution >= 4 is 27.6 Å². The highest BCUT2D eigenvalue weighted by Gasteiger charge is 2.17. The van der Waals surface area contributed by atoms with E-state index in [1.165, 1.54) is 0 Å². The number of hydrogen-bond donors (Lipinski definition) is 2. The summed E-state index contributed by atoms with van der Waals surface area (Å²) >= 11 is 5.93. The molecule has 158 valence electrons. The van der Waals surface area contributed by atoms with Crippen LogP contribution in [0.25, 0.3) is 0 Å². The van der Waals surface area contributed by atoms with Crippen LogP contribution in [-0.2, 0) is 21.3 Å². The zero-order valence-corrected chi connectivity index (χ0v) is 18.2. The molecular weight excluding hydrogens is 400 g/mol. The Hall–Kier alpha value is -1.35. The van der Waals surface area contributed by atoms with E-state index >= 15 is 0 Å². The highest BCUT2D eigenvalue weighted by atomic mass is 35.5. The minimum absolute atomic E-state index is 0.0187. The SMILES string of the molecule is CCNC(=NCCS(=O)(=O)NCC1CCCCO1)N(C)Cc1ccc(Cl)cc1. The average Bonchev–Trinajstić information content (AvgIpc) is 2.68. The second kappa shape index (κ2) is 11.6. The van der Waals surface area contributed by atoms with Crippen LogP contribution in [0.3, 0.4) is 0 Å². The topological polar surface area (TPSA) is 83.0 Å². The molecule has 28 heavy (non-hydrogen) atoms.